The van der Waals surface area contributed by atoms with E-state index in [1.54, 1.807) is 7.05 Å². The largest absolute Gasteiger partial charge is 0.466 e. The first-order valence-corrected chi connectivity index (χ1v) is 7.66. The van der Waals surface area contributed by atoms with Gasteiger partial charge in [-0.15, -0.1) is 24.0 Å². The highest BCUT2D eigenvalue weighted by atomic mass is 127. The zero-order chi connectivity index (χ0) is 16.1. The summed E-state index contributed by atoms with van der Waals surface area (Å²) in [5.41, 5.74) is 2.25. The third-order valence-electron chi connectivity index (χ3n) is 3.52. The van der Waals surface area contributed by atoms with Gasteiger partial charge in [0.05, 0.1) is 6.04 Å². The van der Waals surface area contributed by atoms with Gasteiger partial charge in [-0.3, -0.25) is 4.99 Å². The van der Waals surface area contributed by atoms with Crippen LogP contribution < -0.4 is 10.6 Å². The van der Waals surface area contributed by atoms with Crippen molar-refractivity contribution in [3.05, 3.63) is 58.0 Å². The molecule has 23 heavy (non-hydrogen) atoms. The van der Waals surface area contributed by atoms with Crippen LogP contribution in [0.25, 0.3) is 0 Å². The van der Waals surface area contributed by atoms with Crippen LogP contribution in [0.5, 0.6) is 0 Å². The monoisotopic (exact) mass is 447 g/mol. The zero-order valence-corrected chi connectivity index (χ0v) is 16.9. The highest BCUT2D eigenvalue weighted by Gasteiger charge is 2.09. The van der Waals surface area contributed by atoms with Gasteiger partial charge in [-0.05, 0) is 44.5 Å². The molecule has 0 fully saturated rings. The van der Waals surface area contributed by atoms with Gasteiger partial charge in [0.15, 0.2) is 5.96 Å². The maximum atomic E-state index is 6.04. The molecule has 6 heteroatoms. The van der Waals surface area contributed by atoms with Crippen molar-refractivity contribution in [1.82, 2.24) is 10.6 Å². The van der Waals surface area contributed by atoms with Gasteiger partial charge in [-0.2, -0.15) is 0 Å². The average Bonchev–Trinajstić information content (AvgIpc) is 2.81. The van der Waals surface area contributed by atoms with E-state index in [1.807, 2.05) is 44.2 Å². The molecule has 2 aromatic rings. The SMILES string of the molecule is CN=C(NCc1cc(C)oc1C)NC(C)c1cccc(Cl)c1.I. The number of nitrogens with zero attached hydrogens (tertiary/aromatic N) is 1. The lowest BCUT2D eigenvalue weighted by Gasteiger charge is -2.18. The number of nitrogens with one attached hydrogen (secondary N) is 2. The Morgan fingerprint density at radius 2 is 2.04 bits per heavy atom. The van der Waals surface area contributed by atoms with Crippen LogP contribution in [-0.2, 0) is 6.54 Å². The number of aryl methyl sites for hydroxylation is 2. The van der Waals surface area contributed by atoms with E-state index in [1.165, 1.54) is 0 Å². The Kier molecular flexibility index (Phi) is 7.91. The first-order chi connectivity index (χ1) is 10.5. The molecule has 0 saturated carbocycles. The summed E-state index contributed by atoms with van der Waals surface area (Å²) in [5, 5.41) is 7.39. The number of hydrogen-bond donors (Lipinski definition) is 2. The number of rotatable bonds is 4. The number of benzene rings is 1. The van der Waals surface area contributed by atoms with E-state index in [4.69, 9.17) is 16.0 Å². The fourth-order valence-corrected chi connectivity index (χ4v) is 2.50. The predicted molar refractivity (Wildman–Crippen MR) is 107 cm³/mol. The van der Waals surface area contributed by atoms with Crippen LogP contribution in [0.2, 0.25) is 5.02 Å². The molecule has 0 saturated heterocycles. The molecule has 2 rings (SSSR count). The molecule has 0 spiro atoms. The van der Waals surface area contributed by atoms with Crippen molar-refractivity contribution in [2.75, 3.05) is 7.05 Å². The van der Waals surface area contributed by atoms with Crippen molar-refractivity contribution in [3.8, 4) is 0 Å². The van der Waals surface area contributed by atoms with E-state index in [0.29, 0.717) is 6.54 Å². The Labute approximate surface area is 159 Å². The topological polar surface area (TPSA) is 49.6 Å². The van der Waals surface area contributed by atoms with Crippen LogP contribution >= 0.6 is 35.6 Å². The van der Waals surface area contributed by atoms with Gasteiger partial charge < -0.3 is 15.1 Å². The van der Waals surface area contributed by atoms with Gasteiger partial charge in [0.1, 0.15) is 11.5 Å². The van der Waals surface area contributed by atoms with Crippen molar-refractivity contribution < 1.29 is 4.42 Å². The van der Waals surface area contributed by atoms with Crippen molar-refractivity contribution in [2.24, 2.45) is 4.99 Å². The second-order valence-corrected chi connectivity index (χ2v) is 5.72. The van der Waals surface area contributed by atoms with Crippen LogP contribution in [0.4, 0.5) is 0 Å². The summed E-state index contributed by atoms with van der Waals surface area (Å²) in [6.45, 7) is 6.66. The molecular formula is C17H23ClIN3O. The summed E-state index contributed by atoms with van der Waals surface area (Å²) in [6, 6.07) is 9.96. The summed E-state index contributed by atoms with van der Waals surface area (Å²) < 4.78 is 5.53. The molecule has 0 amide bonds. The Bertz CT molecular complexity index is 670. The van der Waals surface area contributed by atoms with Crippen molar-refractivity contribution in [1.29, 1.82) is 0 Å². The number of hydrogen-bond acceptors (Lipinski definition) is 2. The standard InChI is InChI=1S/C17H22ClN3O.HI/c1-11-8-15(13(3)22-11)10-20-17(19-4)21-12(2)14-6-5-7-16(18)9-14;/h5-9,12H,10H2,1-4H3,(H2,19,20,21);1H. The molecule has 2 N–H and O–H groups in total. The van der Waals surface area contributed by atoms with Crippen LogP contribution in [0.3, 0.4) is 0 Å². The van der Waals surface area contributed by atoms with Gasteiger partial charge in [-0.1, -0.05) is 23.7 Å². The van der Waals surface area contributed by atoms with Crippen LogP contribution in [-0.4, -0.2) is 13.0 Å². The third-order valence-corrected chi connectivity index (χ3v) is 3.75. The first-order valence-electron chi connectivity index (χ1n) is 7.28. The van der Waals surface area contributed by atoms with Crippen LogP contribution in [0, 0.1) is 13.8 Å². The van der Waals surface area contributed by atoms with E-state index in [9.17, 15) is 0 Å². The Morgan fingerprint density at radius 3 is 2.61 bits per heavy atom. The predicted octanol–water partition coefficient (Wildman–Crippen LogP) is 4.59. The second-order valence-electron chi connectivity index (χ2n) is 5.29. The van der Waals surface area contributed by atoms with E-state index < -0.39 is 0 Å². The fourth-order valence-electron chi connectivity index (χ4n) is 2.30. The Hall–Kier alpha value is -1.21. The molecule has 126 valence electrons. The van der Waals surface area contributed by atoms with Gasteiger partial charge in [-0.25, -0.2) is 0 Å². The zero-order valence-electron chi connectivity index (χ0n) is 13.8. The highest BCUT2D eigenvalue weighted by Crippen LogP contribution is 2.17. The molecule has 1 atom stereocenters. The summed E-state index contributed by atoms with van der Waals surface area (Å²) in [7, 11) is 1.76. The Balaban J connectivity index is 0.00000264. The number of furan rings is 1. The smallest absolute Gasteiger partial charge is 0.191 e. The summed E-state index contributed by atoms with van der Waals surface area (Å²) >= 11 is 6.04. The van der Waals surface area contributed by atoms with Crippen LogP contribution in [0.15, 0.2) is 39.7 Å². The molecule has 0 aliphatic carbocycles. The average molecular weight is 448 g/mol. The Morgan fingerprint density at radius 1 is 1.30 bits per heavy atom. The summed E-state index contributed by atoms with van der Waals surface area (Å²) in [4.78, 5) is 4.26. The van der Waals surface area contributed by atoms with E-state index >= 15 is 0 Å². The maximum absolute atomic E-state index is 6.04. The first kappa shape index (κ1) is 19.8. The molecule has 1 heterocycles. The van der Waals surface area contributed by atoms with Crippen molar-refractivity contribution >= 4 is 41.5 Å². The van der Waals surface area contributed by atoms with Crippen molar-refractivity contribution in [3.63, 3.8) is 0 Å². The highest BCUT2D eigenvalue weighted by molar-refractivity contribution is 14.0. The second kappa shape index (κ2) is 9.17. The maximum Gasteiger partial charge on any atom is 0.191 e. The molecule has 1 aromatic carbocycles. The lowest BCUT2D eigenvalue weighted by atomic mass is 10.1. The molecule has 4 nitrogen and oxygen atoms in total. The number of aliphatic imine (C=N–C) groups is 1. The molecule has 0 aliphatic rings. The minimum atomic E-state index is 0. The molecular weight excluding hydrogens is 425 g/mol. The van der Waals surface area contributed by atoms with Gasteiger partial charge in [0, 0.05) is 24.2 Å². The summed E-state index contributed by atoms with van der Waals surface area (Å²) in [6.07, 6.45) is 0. The van der Waals surface area contributed by atoms with E-state index in [2.05, 4.69) is 22.5 Å². The third kappa shape index (κ3) is 5.73. The van der Waals surface area contributed by atoms with Gasteiger partial charge >= 0.3 is 0 Å². The molecule has 1 unspecified atom stereocenters. The number of halogens is 2. The van der Waals surface area contributed by atoms with Gasteiger partial charge in [0.2, 0.25) is 0 Å². The minimum Gasteiger partial charge on any atom is -0.466 e. The molecule has 1 aromatic heterocycles. The molecule has 0 aliphatic heterocycles. The normalized spacial score (nSPS) is 12.5. The van der Waals surface area contributed by atoms with Gasteiger partial charge in [0.25, 0.3) is 0 Å². The minimum absolute atomic E-state index is 0. The fraction of sp³-hybridized carbons (Fsp3) is 0.353. The molecule has 0 bridgehead atoms. The quantitative estimate of drug-likeness (QED) is 0.409. The van der Waals surface area contributed by atoms with E-state index in [-0.39, 0.29) is 30.0 Å². The van der Waals surface area contributed by atoms with Crippen molar-refractivity contribution in [2.45, 2.75) is 33.4 Å². The van der Waals surface area contributed by atoms with Crippen LogP contribution in [0.1, 0.15) is 35.6 Å². The molecule has 0 radical (unpaired) electrons. The summed E-state index contributed by atoms with van der Waals surface area (Å²) in [5.74, 6) is 2.60. The lowest BCUT2D eigenvalue weighted by molar-refractivity contribution is 0.500. The van der Waals surface area contributed by atoms with E-state index in [0.717, 1.165) is 33.6 Å². The number of guanidine groups is 1. The lowest BCUT2D eigenvalue weighted by Crippen LogP contribution is -2.38.